The predicted octanol–water partition coefficient (Wildman–Crippen LogP) is 1.33. The fraction of sp³-hybridized carbons (Fsp3) is 0.111. The van der Waals surface area contributed by atoms with Crippen molar-refractivity contribution in [1.82, 2.24) is 14.8 Å². The Hall–Kier alpha value is -1.93. The van der Waals surface area contributed by atoms with Gasteiger partial charge in [-0.15, -0.1) is 16.4 Å². The number of nitrogens with one attached hydrogen (secondary N) is 1. The summed E-state index contributed by atoms with van der Waals surface area (Å²) >= 11 is 6.84. The molecule has 9 heteroatoms. The molecule has 0 bridgehead atoms. The second kappa shape index (κ2) is 5.15. The summed E-state index contributed by atoms with van der Waals surface area (Å²) in [6, 6.07) is 3.19. The molecule has 1 amide bonds. The monoisotopic (exact) mass is 286 g/mol. The largest absolute Gasteiger partial charge is 0.480 e. The van der Waals surface area contributed by atoms with Gasteiger partial charge in [0, 0.05) is 0 Å². The number of thiophene rings is 1. The van der Waals surface area contributed by atoms with Gasteiger partial charge < -0.3 is 5.11 Å². The Bertz CT molecular complexity index is 594. The van der Waals surface area contributed by atoms with Crippen molar-refractivity contribution in [3.05, 3.63) is 27.7 Å². The lowest BCUT2D eigenvalue weighted by atomic mass is 10.4. The summed E-state index contributed by atoms with van der Waals surface area (Å²) in [7, 11) is 0. The van der Waals surface area contributed by atoms with Crippen LogP contribution in [-0.2, 0) is 11.3 Å². The van der Waals surface area contributed by atoms with E-state index < -0.39 is 5.97 Å². The van der Waals surface area contributed by atoms with Crippen LogP contribution in [-0.4, -0.2) is 31.7 Å². The Morgan fingerprint density at radius 3 is 2.89 bits per heavy atom. The summed E-state index contributed by atoms with van der Waals surface area (Å²) in [5.41, 5.74) is 0. The Balaban J connectivity index is 2.03. The predicted molar refractivity (Wildman–Crippen MR) is 64.9 cm³/mol. The Kier molecular flexibility index (Phi) is 3.58. The average Bonchev–Trinajstić information content (AvgIpc) is 2.87. The van der Waals surface area contributed by atoms with Gasteiger partial charge in [-0.05, 0) is 12.1 Å². The molecule has 2 aromatic rings. The molecule has 0 fully saturated rings. The molecular formula is C9H7ClN4O3S. The molecule has 0 aliphatic carbocycles. The second-order valence-corrected chi connectivity index (χ2v) is 4.93. The summed E-state index contributed by atoms with van der Waals surface area (Å²) in [6.45, 7) is -0.312. The van der Waals surface area contributed by atoms with Crippen LogP contribution >= 0.6 is 22.9 Å². The van der Waals surface area contributed by atoms with Gasteiger partial charge in [-0.2, -0.15) is 0 Å². The number of rotatable bonds is 4. The van der Waals surface area contributed by atoms with Crippen LogP contribution in [0.3, 0.4) is 0 Å². The van der Waals surface area contributed by atoms with Gasteiger partial charge in [0.05, 0.1) is 9.21 Å². The molecule has 2 N–H and O–H groups in total. The zero-order valence-corrected chi connectivity index (χ0v) is 10.4. The standard InChI is InChI=1S/C9H7ClN4O3S/c10-6-2-1-5(18-6)8(17)12-9-11-4-14(13-9)3-7(15)16/h1-2,4H,3H2,(H,15,16)(H,12,13,17). The maximum atomic E-state index is 11.7. The van der Waals surface area contributed by atoms with Crippen LogP contribution < -0.4 is 5.32 Å². The maximum Gasteiger partial charge on any atom is 0.325 e. The van der Waals surface area contributed by atoms with Crippen molar-refractivity contribution < 1.29 is 14.7 Å². The summed E-state index contributed by atoms with van der Waals surface area (Å²) in [5, 5.41) is 14.8. The minimum absolute atomic E-state index is 0.0470. The van der Waals surface area contributed by atoms with Gasteiger partial charge in [-0.3, -0.25) is 14.9 Å². The lowest BCUT2D eigenvalue weighted by Crippen LogP contribution is -2.13. The number of hydrogen-bond acceptors (Lipinski definition) is 5. The third-order valence-corrected chi connectivity index (χ3v) is 3.09. The number of carbonyl (C=O) groups excluding carboxylic acids is 1. The number of hydrogen-bond donors (Lipinski definition) is 2. The first-order valence-electron chi connectivity index (χ1n) is 4.72. The highest BCUT2D eigenvalue weighted by molar-refractivity contribution is 7.18. The van der Waals surface area contributed by atoms with Crippen LogP contribution in [0.25, 0.3) is 0 Å². The molecule has 0 saturated carbocycles. The van der Waals surface area contributed by atoms with E-state index in [0.29, 0.717) is 9.21 Å². The van der Waals surface area contributed by atoms with Gasteiger partial charge in [-0.25, -0.2) is 9.67 Å². The summed E-state index contributed by atoms with van der Waals surface area (Å²) in [6.07, 6.45) is 1.23. The summed E-state index contributed by atoms with van der Waals surface area (Å²) in [5.74, 6) is -1.38. The van der Waals surface area contributed by atoms with Crippen molar-refractivity contribution in [3.63, 3.8) is 0 Å². The molecule has 0 aliphatic heterocycles. The maximum absolute atomic E-state index is 11.7. The Morgan fingerprint density at radius 2 is 2.28 bits per heavy atom. The van der Waals surface area contributed by atoms with Crippen LogP contribution in [0.4, 0.5) is 5.95 Å². The van der Waals surface area contributed by atoms with Crippen LogP contribution in [0, 0.1) is 0 Å². The summed E-state index contributed by atoms with van der Waals surface area (Å²) < 4.78 is 1.61. The lowest BCUT2D eigenvalue weighted by Gasteiger charge is -1.97. The van der Waals surface area contributed by atoms with E-state index in [1.807, 2.05) is 0 Å². The van der Waals surface area contributed by atoms with E-state index in [4.69, 9.17) is 16.7 Å². The second-order valence-electron chi connectivity index (χ2n) is 3.22. The Labute approximate surface area is 110 Å². The minimum atomic E-state index is -1.04. The number of anilines is 1. The van der Waals surface area contributed by atoms with E-state index in [1.165, 1.54) is 6.33 Å². The van der Waals surface area contributed by atoms with E-state index in [1.54, 1.807) is 12.1 Å². The fourth-order valence-corrected chi connectivity index (χ4v) is 2.10. The molecule has 2 rings (SSSR count). The molecular weight excluding hydrogens is 280 g/mol. The topological polar surface area (TPSA) is 97.1 Å². The fourth-order valence-electron chi connectivity index (χ4n) is 1.17. The van der Waals surface area contributed by atoms with Gasteiger partial charge in [0.2, 0.25) is 5.95 Å². The lowest BCUT2D eigenvalue weighted by molar-refractivity contribution is -0.137. The van der Waals surface area contributed by atoms with E-state index >= 15 is 0 Å². The number of carbonyl (C=O) groups is 2. The van der Waals surface area contributed by atoms with Crippen molar-refractivity contribution >= 4 is 40.8 Å². The zero-order chi connectivity index (χ0) is 13.1. The number of nitrogens with zero attached hydrogens (tertiary/aromatic N) is 3. The Morgan fingerprint density at radius 1 is 1.50 bits per heavy atom. The van der Waals surface area contributed by atoms with Crippen LogP contribution in [0.5, 0.6) is 0 Å². The van der Waals surface area contributed by atoms with Crippen molar-refractivity contribution in [1.29, 1.82) is 0 Å². The normalized spacial score (nSPS) is 10.3. The third kappa shape index (κ3) is 3.05. The van der Waals surface area contributed by atoms with E-state index in [0.717, 1.165) is 16.0 Å². The van der Waals surface area contributed by atoms with Gasteiger partial charge >= 0.3 is 5.97 Å². The number of carboxylic acids is 1. The molecule has 2 heterocycles. The molecule has 2 aromatic heterocycles. The quantitative estimate of drug-likeness (QED) is 0.884. The van der Waals surface area contributed by atoms with Crippen molar-refractivity contribution in [3.8, 4) is 0 Å². The van der Waals surface area contributed by atoms with Gasteiger partial charge in [0.15, 0.2) is 0 Å². The highest BCUT2D eigenvalue weighted by atomic mass is 35.5. The molecule has 94 valence electrons. The molecule has 0 radical (unpaired) electrons. The highest BCUT2D eigenvalue weighted by Crippen LogP contribution is 2.21. The first-order valence-corrected chi connectivity index (χ1v) is 5.92. The number of carboxylic acid groups (broad SMARTS) is 1. The molecule has 18 heavy (non-hydrogen) atoms. The molecule has 0 spiro atoms. The molecule has 0 atom stereocenters. The molecule has 0 saturated heterocycles. The third-order valence-electron chi connectivity index (χ3n) is 1.86. The van der Waals surface area contributed by atoms with Crippen molar-refractivity contribution in [2.24, 2.45) is 0 Å². The number of halogens is 1. The first kappa shape index (κ1) is 12.5. The first-order chi connectivity index (χ1) is 8.54. The van der Waals surface area contributed by atoms with Crippen LogP contribution in [0.15, 0.2) is 18.5 Å². The molecule has 7 nitrogen and oxygen atoms in total. The van der Waals surface area contributed by atoms with Crippen molar-refractivity contribution in [2.75, 3.05) is 5.32 Å². The zero-order valence-electron chi connectivity index (χ0n) is 8.83. The minimum Gasteiger partial charge on any atom is -0.480 e. The SMILES string of the molecule is O=C(O)Cn1cnc(NC(=O)c2ccc(Cl)s2)n1. The number of amides is 1. The van der Waals surface area contributed by atoms with Gasteiger partial charge in [-0.1, -0.05) is 11.6 Å². The summed E-state index contributed by atoms with van der Waals surface area (Å²) in [4.78, 5) is 26.3. The van der Waals surface area contributed by atoms with Crippen LogP contribution in [0.1, 0.15) is 9.67 Å². The number of aliphatic carboxylic acids is 1. The average molecular weight is 287 g/mol. The van der Waals surface area contributed by atoms with Gasteiger partial charge in [0.1, 0.15) is 12.9 Å². The van der Waals surface area contributed by atoms with E-state index in [2.05, 4.69) is 15.4 Å². The van der Waals surface area contributed by atoms with E-state index in [-0.39, 0.29) is 18.4 Å². The highest BCUT2D eigenvalue weighted by Gasteiger charge is 2.11. The van der Waals surface area contributed by atoms with Gasteiger partial charge in [0.25, 0.3) is 5.91 Å². The molecule has 0 unspecified atom stereocenters. The molecule has 0 aliphatic rings. The smallest absolute Gasteiger partial charge is 0.325 e. The van der Waals surface area contributed by atoms with Crippen molar-refractivity contribution in [2.45, 2.75) is 6.54 Å². The number of aromatic nitrogens is 3. The van der Waals surface area contributed by atoms with E-state index in [9.17, 15) is 9.59 Å². The molecule has 0 aromatic carbocycles. The van der Waals surface area contributed by atoms with Crippen LogP contribution in [0.2, 0.25) is 4.34 Å².